The third kappa shape index (κ3) is 2.82. The summed E-state index contributed by atoms with van der Waals surface area (Å²) in [5, 5.41) is 6.22. The molecule has 2 N–H and O–H groups in total. The topological polar surface area (TPSA) is 54.0 Å². The summed E-state index contributed by atoms with van der Waals surface area (Å²) >= 11 is 0. The minimum Gasteiger partial charge on any atom is -0.351 e. The van der Waals surface area contributed by atoms with Crippen molar-refractivity contribution in [3.63, 3.8) is 0 Å². The number of amides is 1. The number of nitrogens with one attached hydrogen (secondary N) is 2. The molecule has 4 heteroatoms. The Morgan fingerprint density at radius 2 is 2.47 bits per heavy atom. The van der Waals surface area contributed by atoms with E-state index in [2.05, 4.69) is 22.5 Å². The number of aromatic nitrogens is 1. The molecule has 1 aromatic rings. The molecule has 0 aliphatic carbocycles. The van der Waals surface area contributed by atoms with Crippen LogP contribution in [0.15, 0.2) is 18.5 Å². The van der Waals surface area contributed by atoms with Crippen molar-refractivity contribution in [3.8, 4) is 0 Å². The third-order valence-electron chi connectivity index (χ3n) is 3.40. The molecule has 0 bridgehead atoms. The molecule has 1 aliphatic heterocycles. The monoisotopic (exact) mass is 233 g/mol. The maximum absolute atomic E-state index is 12.0. The van der Waals surface area contributed by atoms with Gasteiger partial charge < -0.3 is 10.6 Å². The largest absolute Gasteiger partial charge is 0.351 e. The van der Waals surface area contributed by atoms with Gasteiger partial charge in [-0.3, -0.25) is 9.78 Å². The molecular weight excluding hydrogens is 214 g/mol. The highest BCUT2D eigenvalue weighted by molar-refractivity contribution is 5.82. The van der Waals surface area contributed by atoms with Crippen molar-refractivity contribution in [2.45, 2.75) is 32.9 Å². The highest BCUT2D eigenvalue weighted by Crippen LogP contribution is 2.14. The first-order chi connectivity index (χ1) is 8.18. The lowest BCUT2D eigenvalue weighted by atomic mass is 10.0. The fourth-order valence-electron chi connectivity index (χ4n) is 2.18. The number of carbonyl (C=O) groups is 1. The number of hydrogen-bond acceptors (Lipinski definition) is 3. The van der Waals surface area contributed by atoms with Crippen molar-refractivity contribution < 1.29 is 4.79 Å². The molecule has 1 aromatic heterocycles. The Kier molecular flexibility index (Phi) is 3.74. The van der Waals surface area contributed by atoms with Crippen molar-refractivity contribution in [2.24, 2.45) is 5.92 Å². The number of hydrogen-bond donors (Lipinski definition) is 2. The van der Waals surface area contributed by atoms with E-state index in [4.69, 9.17) is 0 Å². The second-order valence-corrected chi connectivity index (χ2v) is 4.72. The van der Waals surface area contributed by atoms with Crippen LogP contribution in [-0.4, -0.2) is 23.5 Å². The van der Waals surface area contributed by atoms with Gasteiger partial charge in [-0.25, -0.2) is 0 Å². The number of pyridine rings is 1. The molecule has 2 rings (SSSR count). The van der Waals surface area contributed by atoms with Gasteiger partial charge in [-0.15, -0.1) is 0 Å². The molecule has 1 amide bonds. The molecule has 2 unspecified atom stereocenters. The standard InChI is InChI=1S/C13H19N3O/c1-9-3-6-15-12(9)13(17)16-8-11-4-5-14-7-10(11)2/h4-5,7,9,12,15H,3,6,8H2,1-2H3,(H,16,17). The Hall–Kier alpha value is -1.42. The molecule has 0 radical (unpaired) electrons. The summed E-state index contributed by atoms with van der Waals surface area (Å²) in [5.41, 5.74) is 2.24. The Bertz CT molecular complexity index is 405. The molecule has 1 aliphatic rings. The molecule has 17 heavy (non-hydrogen) atoms. The van der Waals surface area contributed by atoms with Crippen LogP contribution in [0.3, 0.4) is 0 Å². The van der Waals surface area contributed by atoms with E-state index in [0.29, 0.717) is 12.5 Å². The summed E-state index contributed by atoms with van der Waals surface area (Å²) < 4.78 is 0. The Labute approximate surface area is 102 Å². The fraction of sp³-hybridized carbons (Fsp3) is 0.538. The van der Waals surface area contributed by atoms with E-state index in [1.165, 1.54) is 0 Å². The van der Waals surface area contributed by atoms with E-state index in [9.17, 15) is 4.79 Å². The predicted molar refractivity (Wildman–Crippen MR) is 66.4 cm³/mol. The van der Waals surface area contributed by atoms with Crippen molar-refractivity contribution in [1.29, 1.82) is 0 Å². The van der Waals surface area contributed by atoms with Crippen LogP contribution >= 0.6 is 0 Å². The van der Waals surface area contributed by atoms with Gasteiger partial charge in [0.05, 0.1) is 6.04 Å². The summed E-state index contributed by atoms with van der Waals surface area (Å²) in [5.74, 6) is 0.528. The van der Waals surface area contributed by atoms with Gasteiger partial charge in [-0.2, -0.15) is 0 Å². The second kappa shape index (κ2) is 5.27. The Morgan fingerprint density at radius 3 is 3.12 bits per heavy atom. The normalized spacial score (nSPS) is 23.6. The third-order valence-corrected chi connectivity index (χ3v) is 3.40. The molecular formula is C13H19N3O. The van der Waals surface area contributed by atoms with Crippen LogP contribution in [0, 0.1) is 12.8 Å². The van der Waals surface area contributed by atoms with Crippen LogP contribution in [-0.2, 0) is 11.3 Å². The van der Waals surface area contributed by atoms with Gasteiger partial charge in [-0.05, 0) is 43.0 Å². The maximum Gasteiger partial charge on any atom is 0.237 e. The predicted octanol–water partition coefficient (Wildman–Crippen LogP) is 1.00. The van der Waals surface area contributed by atoms with Crippen LogP contribution in [0.1, 0.15) is 24.5 Å². The van der Waals surface area contributed by atoms with Crippen molar-refractivity contribution in [2.75, 3.05) is 6.54 Å². The Balaban J connectivity index is 1.90. The lowest BCUT2D eigenvalue weighted by molar-refractivity contribution is -0.123. The van der Waals surface area contributed by atoms with Gasteiger partial charge in [0.1, 0.15) is 0 Å². The van der Waals surface area contributed by atoms with Gasteiger partial charge in [0.15, 0.2) is 0 Å². The van der Waals surface area contributed by atoms with Gasteiger partial charge in [-0.1, -0.05) is 6.92 Å². The smallest absolute Gasteiger partial charge is 0.237 e. The quantitative estimate of drug-likeness (QED) is 0.819. The molecule has 1 fully saturated rings. The number of aryl methyl sites for hydroxylation is 1. The minimum atomic E-state index is -0.0304. The summed E-state index contributed by atoms with van der Waals surface area (Å²) in [7, 11) is 0. The number of nitrogens with zero attached hydrogens (tertiary/aromatic N) is 1. The zero-order chi connectivity index (χ0) is 12.3. The first-order valence-corrected chi connectivity index (χ1v) is 6.09. The summed E-state index contributed by atoms with van der Waals surface area (Å²) in [4.78, 5) is 16.0. The average Bonchev–Trinajstić information content (AvgIpc) is 2.74. The van der Waals surface area contributed by atoms with Gasteiger partial charge in [0.25, 0.3) is 0 Å². The summed E-state index contributed by atoms with van der Waals surface area (Å²) in [6, 6.07) is 1.92. The average molecular weight is 233 g/mol. The van der Waals surface area contributed by atoms with Gasteiger partial charge in [0, 0.05) is 18.9 Å². The van der Waals surface area contributed by atoms with Gasteiger partial charge >= 0.3 is 0 Å². The van der Waals surface area contributed by atoms with Crippen molar-refractivity contribution in [3.05, 3.63) is 29.6 Å². The van der Waals surface area contributed by atoms with E-state index >= 15 is 0 Å². The van der Waals surface area contributed by atoms with Gasteiger partial charge in [0.2, 0.25) is 5.91 Å². The van der Waals surface area contributed by atoms with Crippen LogP contribution in [0.4, 0.5) is 0 Å². The molecule has 2 atom stereocenters. The highest BCUT2D eigenvalue weighted by atomic mass is 16.2. The molecule has 92 valence electrons. The van der Waals surface area contributed by atoms with E-state index < -0.39 is 0 Å². The molecule has 1 saturated heterocycles. The van der Waals surface area contributed by atoms with Crippen molar-refractivity contribution >= 4 is 5.91 Å². The molecule has 0 saturated carbocycles. The molecule has 0 spiro atoms. The van der Waals surface area contributed by atoms with Crippen LogP contribution < -0.4 is 10.6 Å². The van der Waals surface area contributed by atoms with Crippen LogP contribution in [0.25, 0.3) is 0 Å². The number of carbonyl (C=O) groups excluding carboxylic acids is 1. The molecule has 4 nitrogen and oxygen atoms in total. The zero-order valence-electron chi connectivity index (χ0n) is 10.4. The van der Waals surface area contributed by atoms with E-state index in [1.54, 1.807) is 6.20 Å². The van der Waals surface area contributed by atoms with E-state index in [1.807, 2.05) is 19.2 Å². The minimum absolute atomic E-state index is 0.0304. The van der Waals surface area contributed by atoms with Crippen LogP contribution in [0.2, 0.25) is 0 Å². The zero-order valence-corrected chi connectivity index (χ0v) is 10.4. The first-order valence-electron chi connectivity index (χ1n) is 6.09. The summed E-state index contributed by atoms with van der Waals surface area (Å²) in [6.45, 7) is 5.64. The first kappa shape index (κ1) is 12.0. The number of rotatable bonds is 3. The van der Waals surface area contributed by atoms with E-state index in [-0.39, 0.29) is 11.9 Å². The second-order valence-electron chi connectivity index (χ2n) is 4.72. The van der Waals surface area contributed by atoms with Crippen LogP contribution in [0.5, 0.6) is 0 Å². The maximum atomic E-state index is 12.0. The lowest BCUT2D eigenvalue weighted by Gasteiger charge is -2.15. The van der Waals surface area contributed by atoms with E-state index in [0.717, 1.165) is 24.1 Å². The van der Waals surface area contributed by atoms with Crippen molar-refractivity contribution in [1.82, 2.24) is 15.6 Å². The summed E-state index contributed by atoms with van der Waals surface area (Å²) in [6.07, 6.45) is 4.65. The molecule has 2 heterocycles. The SMILES string of the molecule is Cc1cnccc1CNC(=O)C1NCCC1C. The lowest BCUT2D eigenvalue weighted by Crippen LogP contribution is -2.43. The highest BCUT2D eigenvalue weighted by Gasteiger charge is 2.28. The Morgan fingerprint density at radius 1 is 1.65 bits per heavy atom. The molecule has 0 aromatic carbocycles. The fourth-order valence-corrected chi connectivity index (χ4v) is 2.18.